The Kier molecular flexibility index (Phi) is 9.90. The van der Waals surface area contributed by atoms with Crippen molar-refractivity contribution in [2.24, 2.45) is 5.92 Å². The number of ether oxygens (including phenoxy) is 1. The van der Waals surface area contributed by atoms with Crippen LogP contribution in [0.2, 0.25) is 0 Å². The van der Waals surface area contributed by atoms with Gasteiger partial charge in [0.15, 0.2) is 0 Å². The number of nitrogens with one attached hydrogen (secondary N) is 1. The molecule has 0 bridgehead atoms. The fourth-order valence-electron chi connectivity index (χ4n) is 2.71. The van der Waals surface area contributed by atoms with Crippen LogP contribution in [0.5, 0.6) is 0 Å². The van der Waals surface area contributed by atoms with Crippen molar-refractivity contribution in [3.05, 3.63) is 0 Å². The molecule has 1 atom stereocenters. The first-order valence-corrected chi connectivity index (χ1v) is 9.23. The quantitative estimate of drug-likeness (QED) is 0.488. The van der Waals surface area contributed by atoms with Gasteiger partial charge in [-0.1, -0.05) is 13.8 Å². The Hall–Kier alpha value is 0.190. The van der Waals surface area contributed by atoms with Gasteiger partial charge in [-0.05, 0) is 38.7 Å². The molecule has 120 valence electrons. The van der Waals surface area contributed by atoms with E-state index in [1.807, 2.05) is 11.8 Å². The Morgan fingerprint density at radius 3 is 2.95 bits per heavy atom. The number of hydrogen-bond donors (Lipinski definition) is 1. The summed E-state index contributed by atoms with van der Waals surface area (Å²) in [6.07, 6.45) is 3.74. The molecule has 1 aliphatic heterocycles. The highest BCUT2D eigenvalue weighted by Gasteiger charge is 2.19. The lowest BCUT2D eigenvalue weighted by Gasteiger charge is -2.33. The van der Waals surface area contributed by atoms with Crippen LogP contribution >= 0.6 is 11.8 Å². The molecule has 1 saturated heterocycles. The van der Waals surface area contributed by atoms with E-state index in [-0.39, 0.29) is 0 Å². The van der Waals surface area contributed by atoms with Gasteiger partial charge in [0, 0.05) is 32.1 Å². The van der Waals surface area contributed by atoms with Gasteiger partial charge in [-0.2, -0.15) is 0 Å². The Morgan fingerprint density at radius 1 is 1.45 bits per heavy atom. The SMILES string of the molecule is CSCNC[C@@H]1CN(CCCN(C)CC(C)C)CCO1. The monoisotopic (exact) mass is 303 g/mol. The Bertz CT molecular complexity index is 241. The number of rotatable bonds is 10. The molecule has 0 aromatic heterocycles. The zero-order valence-electron chi connectivity index (χ0n) is 13.7. The minimum absolute atomic E-state index is 0.365. The van der Waals surface area contributed by atoms with Crippen LogP contribution in [-0.2, 0) is 4.74 Å². The predicted molar refractivity (Wildman–Crippen MR) is 89.5 cm³/mol. The molecule has 0 amide bonds. The van der Waals surface area contributed by atoms with Gasteiger partial charge in [-0.3, -0.25) is 4.90 Å². The van der Waals surface area contributed by atoms with Crippen LogP contribution in [0.25, 0.3) is 0 Å². The zero-order chi connectivity index (χ0) is 14.8. The minimum atomic E-state index is 0.365. The molecular formula is C15H33N3OS. The molecule has 0 radical (unpaired) electrons. The molecule has 0 unspecified atom stereocenters. The summed E-state index contributed by atoms with van der Waals surface area (Å²) < 4.78 is 5.81. The predicted octanol–water partition coefficient (Wildman–Crippen LogP) is 1.58. The van der Waals surface area contributed by atoms with Crippen LogP contribution < -0.4 is 5.32 Å². The van der Waals surface area contributed by atoms with E-state index >= 15 is 0 Å². The molecule has 20 heavy (non-hydrogen) atoms. The van der Waals surface area contributed by atoms with Crippen LogP contribution in [0.4, 0.5) is 0 Å². The summed E-state index contributed by atoms with van der Waals surface area (Å²) in [4.78, 5) is 5.00. The van der Waals surface area contributed by atoms with E-state index in [4.69, 9.17) is 4.74 Å². The Labute approximate surface area is 129 Å². The van der Waals surface area contributed by atoms with Crippen molar-refractivity contribution in [2.45, 2.75) is 26.4 Å². The highest BCUT2D eigenvalue weighted by molar-refractivity contribution is 7.98. The molecule has 1 rings (SSSR count). The van der Waals surface area contributed by atoms with Gasteiger partial charge in [0.25, 0.3) is 0 Å². The highest BCUT2D eigenvalue weighted by Crippen LogP contribution is 2.06. The fourth-order valence-corrected chi connectivity index (χ4v) is 3.03. The van der Waals surface area contributed by atoms with Crippen LogP contribution in [-0.4, -0.2) is 81.0 Å². The minimum Gasteiger partial charge on any atom is -0.374 e. The molecule has 1 aliphatic rings. The normalized spacial score (nSPS) is 21.0. The molecule has 0 spiro atoms. The summed E-state index contributed by atoms with van der Waals surface area (Å²) >= 11 is 1.83. The molecular weight excluding hydrogens is 270 g/mol. The van der Waals surface area contributed by atoms with Crippen LogP contribution in [0.15, 0.2) is 0 Å². The number of thioether (sulfide) groups is 1. The molecule has 0 aromatic carbocycles. The maximum absolute atomic E-state index is 5.81. The van der Waals surface area contributed by atoms with Crippen LogP contribution in [0, 0.1) is 5.92 Å². The van der Waals surface area contributed by atoms with Gasteiger partial charge in [-0.25, -0.2) is 0 Å². The standard InChI is InChI=1S/C15H33N3OS/c1-14(2)11-17(3)6-5-7-18-8-9-19-15(12-18)10-16-13-20-4/h14-16H,5-13H2,1-4H3/t15-/m1/s1. The first kappa shape index (κ1) is 18.2. The number of morpholine rings is 1. The summed E-state index contributed by atoms with van der Waals surface area (Å²) in [5.74, 6) is 1.77. The lowest BCUT2D eigenvalue weighted by Crippen LogP contribution is -2.47. The summed E-state index contributed by atoms with van der Waals surface area (Å²) in [6.45, 7) is 12.2. The fraction of sp³-hybridized carbons (Fsp3) is 1.00. The second-order valence-electron chi connectivity index (χ2n) is 6.19. The Morgan fingerprint density at radius 2 is 2.25 bits per heavy atom. The molecule has 1 heterocycles. The lowest BCUT2D eigenvalue weighted by molar-refractivity contribution is -0.0271. The molecule has 0 saturated carbocycles. The van der Waals surface area contributed by atoms with Gasteiger partial charge in [0.2, 0.25) is 0 Å². The average molecular weight is 304 g/mol. The second kappa shape index (κ2) is 10.9. The van der Waals surface area contributed by atoms with E-state index < -0.39 is 0 Å². The zero-order valence-corrected chi connectivity index (χ0v) is 14.5. The van der Waals surface area contributed by atoms with Gasteiger partial charge >= 0.3 is 0 Å². The first-order valence-electron chi connectivity index (χ1n) is 7.84. The van der Waals surface area contributed by atoms with Gasteiger partial charge in [0.05, 0.1) is 12.7 Å². The van der Waals surface area contributed by atoms with Crippen molar-refractivity contribution in [3.63, 3.8) is 0 Å². The maximum atomic E-state index is 5.81. The third-order valence-electron chi connectivity index (χ3n) is 3.53. The van der Waals surface area contributed by atoms with Crippen molar-refractivity contribution >= 4 is 11.8 Å². The van der Waals surface area contributed by atoms with E-state index in [2.05, 4.69) is 42.3 Å². The third-order valence-corrected chi connectivity index (χ3v) is 4.03. The maximum Gasteiger partial charge on any atom is 0.0827 e. The summed E-state index contributed by atoms with van der Waals surface area (Å²) in [6, 6.07) is 0. The van der Waals surface area contributed by atoms with Crippen molar-refractivity contribution in [1.29, 1.82) is 0 Å². The smallest absolute Gasteiger partial charge is 0.0827 e. The largest absolute Gasteiger partial charge is 0.374 e. The van der Waals surface area contributed by atoms with Crippen LogP contribution in [0.1, 0.15) is 20.3 Å². The Balaban J connectivity index is 2.10. The van der Waals surface area contributed by atoms with Crippen molar-refractivity contribution in [1.82, 2.24) is 15.1 Å². The summed E-state index contributed by atoms with van der Waals surface area (Å²) in [7, 11) is 2.23. The average Bonchev–Trinajstić information content (AvgIpc) is 2.39. The topological polar surface area (TPSA) is 27.7 Å². The van der Waals surface area contributed by atoms with Gasteiger partial charge in [-0.15, -0.1) is 11.8 Å². The molecule has 1 fully saturated rings. The van der Waals surface area contributed by atoms with Crippen molar-refractivity contribution < 1.29 is 4.74 Å². The molecule has 4 nitrogen and oxygen atoms in total. The van der Waals surface area contributed by atoms with E-state index in [9.17, 15) is 0 Å². The lowest BCUT2D eigenvalue weighted by atomic mass is 10.2. The van der Waals surface area contributed by atoms with E-state index in [1.165, 1.54) is 26.1 Å². The van der Waals surface area contributed by atoms with E-state index in [1.54, 1.807) is 0 Å². The highest BCUT2D eigenvalue weighted by atomic mass is 32.2. The first-order chi connectivity index (χ1) is 9.61. The van der Waals surface area contributed by atoms with E-state index in [0.717, 1.165) is 38.0 Å². The molecule has 5 heteroatoms. The number of nitrogens with zero attached hydrogens (tertiary/aromatic N) is 2. The summed E-state index contributed by atoms with van der Waals surface area (Å²) in [5, 5.41) is 3.42. The van der Waals surface area contributed by atoms with Gasteiger partial charge in [0.1, 0.15) is 0 Å². The van der Waals surface area contributed by atoms with Gasteiger partial charge < -0.3 is 15.0 Å². The van der Waals surface area contributed by atoms with E-state index in [0.29, 0.717) is 6.10 Å². The van der Waals surface area contributed by atoms with Crippen molar-refractivity contribution in [2.75, 3.05) is 65.1 Å². The molecule has 0 aromatic rings. The van der Waals surface area contributed by atoms with Crippen molar-refractivity contribution in [3.8, 4) is 0 Å². The van der Waals surface area contributed by atoms with Crippen LogP contribution in [0.3, 0.4) is 0 Å². The summed E-state index contributed by atoms with van der Waals surface area (Å²) in [5.41, 5.74) is 0. The third kappa shape index (κ3) is 8.47. The molecule has 1 N–H and O–H groups in total. The second-order valence-corrected chi connectivity index (χ2v) is 7.06. The molecule has 0 aliphatic carbocycles. The number of hydrogen-bond acceptors (Lipinski definition) is 5.